The van der Waals surface area contributed by atoms with E-state index >= 15 is 0 Å². The molecular weight excluding hydrogens is 178 g/mol. The van der Waals surface area contributed by atoms with Crippen LogP contribution >= 0.6 is 0 Å². The molecule has 2 rings (SSSR count). The summed E-state index contributed by atoms with van der Waals surface area (Å²) >= 11 is 0. The van der Waals surface area contributed by atoms with E-state index in [4.69, 9.17) is 4.74 Å². The van der Waals surface area contributed by atoms with E-state index in [0.29, 0.717) is 13.0 Å². The molecule has 1 saturated heterocycles. The summed E-state index contributed by atoms with van der Waals surface area (Å²) in [6, 6.07) is 3.93. The first-order valence-electron chi connectivity index (χ1n) is 4.98. The number of rotatable bonds is 1. The van der Waals surface area contributed by atoms with Crippen LogP contribution in [0.1, 0.15) is 30.2 Å². The number of aryl methyl sites for hydroxylation is 1. The first kappa shape index (κ1) is 9.62. The minimum Gasteiger partial charge on any atom is -0.393 e. The molecule has 0 spiro atoms. The Balaban J connectivity index is 2.18. The van der Waals surface area contributed by atoms with Crippen LogP contribution in [0, 0.1) is 6.92 Å². The van der Waals surface area contributed by atoms with Crippen LogP contribution in [0.15, 0.2) is 18.3 Å². The van der Waals surface area contributed by atoms with Gasteiger partial charge in [-0.25, -0.2) is 0 Å². The number of aliphatic hydroxyl groups excluding tert-OH is 1. The molecular formula is C11H15NO2. The van der Waals surface area contributed by atoms with Gasteiger partial charge in [0.1, 0.15) is 0 Å². The molecule has 2 unspecified atom stereocenters. The summed E-state index contributed by atoms with van der Waals surface area (Å²) in [5.41, 5.74) is 2.10. The Kier molecular flexibility index (Phi) is 2.79. The van der Waals surface area contributed by atoms with Crippen molar-refractivity contribution < 1.29 is 9.84 Å². The molecule has 1 N–H and O–H groups in total. The maximum atomic E-state index is 9.53. The zero-order valence-corrected chi connectivity index (χ0v) is 8.31. The zero-order valence-electron chi connectivity index (χ0n) is 8.31. The van der Waals surface area contributed by atoms with Crippen molar-refractivity contribution in [2.24, 2.45) is 0 Å². The smallest absolute Gasteiger partial charge is 0.0867 e. The summed E-state index contributed by atoms with van der Waals surface area (Å²) in [4.78, 5) is 4.22. The Morgan fingerprint density at radius 2 is 2.43 bits per heavy atom. The van der Waals surface area contributed by atoms with Crippen LogP contribution in [0.3, 0.4) is 0 Å². The van der Waals surface area contributed by atoms with Crippen LogP contribution in [0.5, 0.6) is 0 Å². The van der Waals surface area contributed by atoms with Crippen molar-refractivity contribution in [3.63, 3.8) is 0 Å². The Hall–Kier alpha value is -0.930. The predicted octanol–water partition coefficient (Wildman–Crippen LogP) is 1.60. The average molecular weight is 193 g/mol. The van der Waals surface area contributed by atoms with Gasteiger partial charge in [-0.3, -0.25) is 4.98 Å². The van der Waals surface area contributed by atoms with Gasteiger partial charge >= 0.3 is 0 Å². The van der Waals surface area contributed by atoms with Crippen LogP contribution < -0.4 is 0 Å². The fraction of sp³-hybridized carbons (Fsp3) is 0.545. The molecule has 14 heavy (non-hydrogen) atoms. The van der Waals surface area contributed by atoms with Crippen molar-refractivity contribution in [3.8, 4) is 0 Å². The molecule has 0 aromatic carbocycles. The SMILES string of the molecule is Cc1ncccc1C1CC(O)CCO1. The highest BCUT2D eigenvalue weighted by atomic mass is 16.5. The molecule has 0 saturated carbocycles. The Labute approximate surface area is 83.7 Å². The van der Waals surface area contributed by atoms with E-state index in [0.717, 1.165) is 17.7 Å². The summed E-state index contributed by atoms with van der Waals surface area (Å²) in [6.45, 7) is 2.61. The van der Waals surface area contributed by atoms with Gasteiger partial charge in [0.15, 0.2) is 0 Å². The van der Waals surface area contributed by atoms with E-state index < -0.39 is 0 Å². The van der Waals surface area contributed by atoms with Crippen LogP contribution in [0.4, 0.5) is 0 Å². The number of ether oxygens (including phenoxy) is 1. The number of nitrogens with zero attached hydrogens (tertiary/aromatic N) is 1. The monoisotopic (exact) mass is 193 g/mol. The number of aliphatic hydroxyl groups is 1. The van der Waals surface area contributed by atoms with Crippen molar-refractivity contribution in [3.05, 3.63) is 29.6 Å². The lowest BCUT2D eigenvalue weighted by atomic mass is 9.99. The van der Waals surface area contributed by atoms with Crippen LogP contribution in [0.25, 0.3) is 0 Å². The third-order valence-corrected chi connectivity index (χ3v) is 2.65. The summed E-state index contributed by atoms with van der Waals surface area (Å²) in [7, 11) is 0. The normalized spacial score (nSPS) is 27.6. The Morgan fingerprint density at radius 1 is 1.57 bits per heavy atom. The maximum Gasteiger partial charge on any atom is 0.0867 e. The molecule has 0 radical (unpaired) electrons. The number of aromatic nitrogens is 1. The maximum absolute atomic E-state index is 9.53. The molecule has 3 nitrogen and oxygen atoms in total. The van der Waals surface area contributed by atoms with Crippen LogP contribution in [-0.2, 0) is 4.74 Å². The molecule has 1 aromatic rings. The highest BCUT2D eigenvalue weighted by molar-refractivity contribution is 5.21. The van der Waals surface area contributed by atoms with E-state index in [2.05, 4.69) is 4.98 Å². The molecule has 1 aliphatic rings. The van der Waals surface area contributed by atoms with E-state index in [-0.39, 0.29) is 12.2 Å². The van der Waals surface area contributed by atoms with Gasteiger partial charge in [0, 0.05) is 30.5 Å². The zero-order chi connectivity index (χ0) is 9.97. The summed E-state index contributed by atoms with van der Waals surface area (Å²) in [6.07, 6.45) is 3.00. The lowest BCUT2D eigenvalue weighted by Crippen LogP contribution is -2.24. The molecule has 0 bridgehead atoms. The van der Waals surface area contributed by atoms with Crippen molar-refractivity contribution >= 4 is 0 Å². The highest BCUT2D eigenvalue weighted by Crippen LogP contribution is 2.29. The molecule has 1 aromatic heterocycles. The van der Waals surface area contributed by atoms with Gasteiger partial charge in [-0.1, -0.05) is 6.07 Å². The van der Waals surface area contributed by atoms with Crippen molar-refractivity contribution in [2.45, 2.75) is 32.0 Å². The quantitative estimate of drug-likeness (QED) is 0.736. The standard InChI is InChI=1S/C11H15NO2/c1-8-10(3-2-5-12-8)11-7-9(13)4-6-14-11/h2-3,5,9,11,13H,4,6-7H2,1H3. The minimum absolute atomic E-state index is 0.0208. The second-order valence-corrected chi connectivity index (χ2v) is 3.72. The van der Waals surface area contributed by atoms with E-state index in [1.165, 1.54) is 0 Å². The first-order valence-corrected chi connectivity index (χ1v) is 4.98. The first-order chi connectivity index (χ1) is 6.77. The van der Waals surface area contributed by atoms with Gasteiger partial charge in [0.2, 0.25) is 0 Å². The molecule has 1 aliphatic heterocycles. The van der Waals surface area contributed by atoms with Gasteiger partial charge < -0.3 is 9.84 Å². The molecule has 2 heterocycles. The van der Waals surface area contributed by atoms with Gasteiger partial charge in [0.05, 0.1) is 12.2 Å². The molecule has 2 atom stereocenters. The predicted molar refractivity (Wildman–Crippen MR) is 52.9 cm³/mol. The Bertz CT molecular complexity index is 314. The number of hydrogen-bond acceptors (Lipinski definition) is 3. The topological polar surface area (TPSA) is 42.4 Å². The average Bonchev–Trinajstić information content (AvgIpc) is 2.18. The second-order valence-electron chi connectivity index (χ2n) is 3.72. The molecule has 3 heteroatoms. The van der Waals surface area contributed by atoms with Crippen molar-refractivity contribution in [2.75, 3.05) is 6.61 Å². The van der Waals surface area contributed by atoms with Crippen LogP contribution in [0.2, 0.25) is 0 Å². The Morgan fingerprint density at radius 3 is 3.14 bits per heavy atom. The molecule has 0 aliphatic carbocycles. The van der Waals surface area contributed by atoms with Gasteiger partial charge in [-0.05, 0) is 19.4 Å². The van der Waals surface area contributed by atoms with E-state index in [1.807, 2.05) is 19.1 Å². The largest absolute Gasteiger partial charge is 0.393 e. The van der Waals surface area contributed by atoms with Crippen molar-refractivity contribution in [1.82, 2.24) is 4.98 Å². The molecule has 1 fully saturated rings. The summed E-state index contributed by atoms with van der Waals surface area (Å²) in [5, 5.41) is 9.53. The van der Waals surface area contributed by atoms with E-state index in [1.54, 1.807) is 6.20 Å². The van der Waals surface area contributed by atoms with Gasteiger partial charge in [0.25, 0.3) is 0 Å². The third kappa shape index (κ3) is 1.94. The van der Waals surface area contributed by atoms with Crippen molar-refractivity contribution in [1.29, 1.82) is 0 Å². The summed E-state index contributed by atoms with van der Waals surface area (Å²) in [5.74, 6) is 0. The van der Waals surface area contributed by atoms with Crippen LogP contribution in [-0.4, -0.2) is 22.8 Å². The highest BCUT2D eigenvalue weighted by Gasteiger charge is 2.23. The fourth-order valence-corrected chi connectivity index (χ4v) is 1.83. The van der Waals surface area contributed by atoms with E-state index in [9.17, 15) is 5.11 Å². The lowest BCUT2D eigenvalue weighted by molar-refractivity contribution is -0.0451. The van der Waals surface area contributed by atoms with Gasteiger partial charge in [-0.2, -0.15) is 0 Å². The van der Waals surface area contributed by atoms with Gasteiger partial charge in [-0.15, -0.1) is 0 Å². The fourth-order valence-electron chi connectivity index (χ4n) is 1.83. The molecule has 76 valence electrons. The minimum atomic E-state index is -0.228. The number of pyridine rings is 1. The second kappa shape index (κ2) is 4.07. The summed E-state index contributed by atoms with van der Waals surface area (Å²) < 4.78 is 5.62. The third-order valence-electron chi connectivity index (χ3n) is 2.65. The molecule has 0 amide bonds. The number of hydrogen-bond donors (Lipinski definition) is 1. The lowest BCUT2D eigenvalue weighted by Gasteiger charge is -2.27.